The zero-order chi connectivity index (χ0) is 17.5. The summed E-state index contributed by atoms with van der Waals surface area (Å²) in [5.74, 6) is 0.383. The summed E-state index contributed by atoms with van der Waals surface area (Å²) < 4.78 is 0. The van der Waals surface area contributed by atoms with E-state index in [9.17, 15) is 4.79 Å². The van der Waals surface area contributed by atoms with Crippen molar-refractivity contribution in [3.05, 3.63) is 59.0 Å². The fourth-order valence-corrected chi connectivity index (χ4v) is 2.87. The molecule has 0 saturated heterocycles. The normalized spacial score (nSPS) is 13.9. The number of aromatic nitrogens is 2. The monoisotopic (exact) mass is 356 g/mol. The van der Waals surface area contributed by atoms with Crippen LogP contribution in [-0.2, 0) is 0 Å². The van der Waals surface area contributed by atoms with E-state index in [1.807, 2.05) is 0 Å². The number of amides is 1. The predicted molar refractivity (Wildman–Crippen MR) is 101 cm³/mol. The van der Waals surface area contributed by atoms with Crippen LogP contribution in [0, 0.1) is 0 Å². The molecule has 5 nitrogen and oxygen atoms in total. The highest BCUT2D eigenvalue weighted by molar-refractivity contribution is 6.30. The van der Waals surface area contributed by atoms with Crippen molar-refractivity contribution in [2.24, 2.45) is 0 Å². The van der Waals surface area contributed by atoms with E-state index in [1.165, 1.54) is 37.5 Å². The molecule has 0 radical (unpaired) electrons. The van der Waals surface area contributed by atoms with Gasteiger partial charge in [0, 0.05) is 17.3 Å². The second kappa shape index (κ2) is 8.62. The zero-order valence-corrected chi connectivity index (χ0v) is 14.7. The summed E-state index contributed by atoms with van der Waals surface area (Å²) in [5.41, 5.74) is 2.46. The molecule has 1 amide bonds. The van der Waals surface area contributed by atoms with Gasteiger partial charge >= 0.3 is 0 Å². The quantitative estimate of drug-likeness (QED) is 0.737. The molecule has 2 aromatic rings. The number of carbonyl (C=O) groups is 1. The Labute approximate surface area is 152 Å². The van der Waals surface area contributed by atoms with Crippen LogP contribution < -0.4 is 10.6 Å². The lowest BCUT2D eigenvalue weighted by molar-refractivity contribution is 0.102. The second-order valence-corrected chi connectivity index (χ2v) is 6.47. The Morgan fingerprint density at radius 3 is 2.64 bits per heavy atom. The molecule has 0 aliphatic heterocycles. The van der Waals surface area contributed by atoms with Crippen LogP contribution in [0.1, 0.15) is 42.6 Å². The molecule has 2 N–H and O–H groups in total. The van der Waals surface area contributed by atoms with E-state index in [2.05, 4.69) is 26.7 Å². The summed E-state index contributed by atoms with van der Waals surface area (Å²) in [5, 5.41) is 6.64. The lowest BCUT2D eigenvalue weighted by Crippen LogP contribution is -2.14. The Morgan fingerprint density at radius 1 is 1.12 bits per heavy atom. The van der Waals surface area contributed by atoms with Crippen molar-refractivity contribution in [3.63, 3.8) is 0 Å². The van der Waals surface area contributed by atoms with Gasteiger partial charge < -0.3 is 10.6 Å². The van der Waals surface area contributed by atoms with Crippen LogP contribution in [0.4, 0.5) is 11.5 Å². The molecule has 6 heteroatoms. The summed E-state index contributed by atoms with van der Waals surface area (Å²) >= 11 is 5.83. The first-order valence-corrected chi connectivity index (χ1v) is 8.89. The molecule has 1 aromatic heterocycles. The minimum absolute atomic E-state index is 0.274. The van der Waals surface area contributed by atoms with Gasteiger partial charge in [0.1, 0.15) is 11.5 Å². The maximum Gasteiger partial charge on any atom is 0.275 e. The highest BCUT2D eigenvalue weighted by Gasteiger charge is 2.09. The van der Waals surface area contributed by atoms with Gasteiger partial charge in [-0.05, 0) is 56.4 Å². The van der Waals surface area contributed by atoms with Crippen molar-refractivity contribution in [1.29, 1.82) is 0 Å². The topological polar surface area (TPSA) is 66.9 Å². The van der Waals surface area contributed by atoms with Crippen LogP contribution in [-0.4, -0.2) is 22.4 Å². The van der Waals surface area contributed by atoms with Crippen molar-refractivity contribution >= 4 is 29.0 Å². The molecule has 3 rings (SSSR count). The van der Waals surface area contributed by atoms with Crippen LogP contribution in [0.3, 0.4) is 0 Å². The number of halogens is 1. The number of allylic oxidation sites excluding steroid dienone is 1. The molecule has 0 spiro atoms. The number of nitrogens with zero attached hydrogens (tertiary/aromatic N) is 2. The van der Waals surface area contributed by atoms with Crippen molar-refractivity contribution in [1.82, 2.24) is 9.97 Å². The van der Waals surface area contributed by atoms with Crippen LogP contribution in [0.15, 0.2) is 48.3 Å². The first-order valence-electron chi connectivity index (χ1n) is 8.51. The summed E-state index contributed by atoms with van der Waals surface area (Å²) in [6.07, 6.45) is 11.5. The maximum atomic E-state index is 12.2. The third-order valence-corrected chi connectivity index (χ3v) is 4.38. The standard InChI is InChI=1S/C19H21ClN4O/c20-15-6-8-16(9-7-15)24-19(25)17-12-23-18(13-22-17)21-11-10-14-4-2-1-3-5-14/h4,6-9,12-13H,1-3,5,10-11H2,(H,21,23)(H,24,25). The van der Waals surface area contributed by atoms with E-state index in [4.69, 9.17) is 11.6 Å². The number of rotatable bonds is 6. The molecule has 0 unspecified atom stereocenters. The highest BCUT2D eigenvalue weighted by atomic mass is 35.5. The summed E-state index contributed by atoms with van der Waals surface area (Å²) in [4.78, 5) is 20.6. The molecule has 0 fully saturated rings. The average Bonchev–Trinajstić information content (AvgIpc) is 2.65. The molecule has 1 aliphatic rings. The number of carbonyl (C=O) groups excluding carboxylic acids is 1. The van der Waals surface area contributed by atoms with Gasteiger partial charge in [0.2, 0.25) is 0 Å². The van der Waals surface area contributed by atoms with Crippen LogP contribution >= 0.6 is 11.6 Å². The third kappa shape index (κ3) is 5.29. The van der Waals surface area contributed by atoms with Gasteiger partial charge in [-0.3, -0.25) is 4.79 Å². The predicted octanol–water partition coefficient (Wildman–Crippen LogP) is 4.68. The molecule has 0 saturated carbocycles. The van der Waals surface area contributed by atoms with Gasteiger partial charge in [-0.25, -0.2) is 9.97 Å². The fourth-order valence-electron chi connectivity index (χ4n) is 2.75. The van der Waals surface area contributed by atoms with Gasteiger partial charge in [0.25, 0.3) is 5.91 Å². The summed E-state index contributed by atoms with van der Waals surface area (Å²) in [6.45, 7) is 0.830. The Hall–Kier alpha value is -2.40. The van der Waals surface area contributed by atoms with Crippen molar-refractivity contribution in [2.75, 3.05) is 17.2 Å². The molecule has 25 heavy (non-hydrogen) atoms. The molecule has 1 aliphatic carbocycles. The minimum atomic E-state index is -0.297. The molecule has 0 atom stereocenters. The minimum Gasteiger partial charge on any atom is -0.368 e. The highest BCUT2D eigenvalue weighted by Crippen LogP contribution is 2.20. The average molecular weight is 357 g/mol. The Kier molecular flexibility index (Phi) is 6.01. The van der Waals surface area contributed by atoms with Crippen molar-refractivity contribution < 1.29 is 4.79 Å². The van der Waals surface area contributed by atoms with Crippen LogP contribution in [0.2, 0.25) is 5.02 Å². The van der Waals surface area contributed by atoms with E-state index in [1.54, 1.807) is 30.5 Å². The molecule has 1 heterocycles. The van der Waals surface area contributed by atoms with Crippen LogP contribution in [0.5, 0.6) is 0 Å². The summed E-state index contributed by atoms with van der Waals surface area (Å²) in [7, 11) is 0. The number of hydrogen-bond donors (Lipinski definition) is 2. The lowest BCUT2D eigenvalue weighted by atomic mass is 9.97. The first kappa shape index (κ1) is 17.4. The smallest absolute Gasteiger partial charge is 0.275 e. The largest absolute Gasteiger partial charge is 0.368 e. The molecular weight excluding hydrogens is 336 g/mol. The van der Waals surface area contributed by atoms with E-state index < -0.39 is 0 Å². The van der Waals surface area contributed by atoms with Gasteiger partial charge in [0.05, 0.1) is 12.4 Å². The Balaban J connectivity index is 1.50. The van der Waals surface area contributed by atoms with Crippen molar-refractivity contribution in [2.45, 2.75) is 32.1 Å². The van der Waals surface area contributed by atoms with E-state index in [-0.39, 0.29) is 11.6 Å². The number of nitrogens with one attached hydrogen (secondary N) is 2. The summed E-state index contributed by atoms with van der Waals surface area (Å²) in [6, 6.07) is 6.92. The van der Waals surface area contributed by atoms with Crippen molar-refractivity contribution in [3.8, 4) is 0 Å². The SMILES string of the molecule is O=C(Nc1ccc(Cl)cc1)c1cnc(NCCC2=CCCCC2)cn1. The van der Waals surface area contributed by atoms with Gasteiger partial charge in [-0.2, -0.15) is 0 Å². The number of benzene rings is 1. The molecule has 1 aromatic carbocycles. The first-order chi connectivity index (χ1) is 12.2. The Morgan fingerprint density at radius 2 is 1.96 bits per heavy atom. The van der Waals surface area contributed by atoms with E-state index >= 15 is 0 Å². The van der Waals surface area contributed by atoms with Gasteiger partial charge in [-0.15, -0.1) is 0 Å². The molecule has 130 valence electrons. The maximum absolute atomic E-state index is 12.2. The van der Waals surface area contributed by atoms with E-state index in [0.717, 1.165) is 13.0 Å². The fraction of sp³-hybridized carbons (Fsp3) is 0.316. The second-order valence-electron chi connectivity index (χ2n) is 6.03. The Bertz CT molecular complexity index is 741. The molecule has 0 bridgehead atoms. The van der Waals surface area contributed by atoms with Crippen LogP contribution in [0.25, 0.3) is 0 Å². The zero-order valence-electron chi connectivity index (χ0n) is 14.0. The van der Waals surface area contributed by atoms with E-state index in [0.29, 0.717) is 16.5 Å². The third-order valence-electron chi connectivity index (χ3n) is 4.12. The lowest BCUT2D eigenvalue weighted by Gasteiger charge is -2.13. The number of hydrogen-bond acceptors (Lipinski definition) is 4. The van der Waals surface area contributed by atoms with Gasteiger partial charge in [0.15, 0.2) is 0 Å². The number of anilines is 2. The van der Waals surface area contributed by atoms with Gasteiger partial charge in [-0.1, -0.05) is 23.3 Å². The molecular formula is C19H21ClN4O.